The van der Waals surface area contributed by atoms with Crippen molar-refractivity contribution in [2.24, 2.45) is 10.7 Å². The second kappa shape index (κ2) is 2.64. The molecule has 0 aromatic carbocycles. The molecule has 4 heteroatoms. The monoisotopic (exact) mass is 148 g/mol. The van der Waals surface area contributed by atoms with Crippen molar-refractivity contribution >= 4 is 29.6 Å². The van der Waals surface area contributed by atoms with Crippen molar-refractivity contribution in [3.05, 3.63) is 0 Å². The molecule has 2 N–H and O–H groups in total. The Morgan fingerprint density at radius 3 is 3.00 bits per heavy atom. The van der Waals surface area contributed by atoms with Crippen LogP contribution in [0.2, 0.25) is 0 Å². The number of thiol groups is 1. The van der Waals surface area contributed by atoms with Gasteiger partial charge in [0.2, 0.25) is 0 Å². The highest BCUT2D eigenvalue weighted by molar-refractivity contribution is 8.15. The van der Waals surface area contributed by atoms with E-state index in [1.807, 2.05) is 0 Å². The lowest BCUT2D eigenvalue weighted by atomic mass is 10.5. The zero-order valence-electron chi connectivity index (χ0n) is 4.37. The van der Waals surface area contributed by atoms with Gasteiger partial charge in [-0.2, -0.15) is 12.6 Å². The molecule has 0 aromatic rings. The van der Waals surface area contributed by atoms with E-state index in [1.54, 1.807) is 11.8 Å². The Morgan fingerprint density at radius 1 is 2.00 bits per heavy atom. The maximum absolute atomic E-state index is 5.38. The third kappa shape index (κ3) is 1.32. The van der Waals surface area contributed by atoms with E-state index in [4.69, 9.17) is 5.73 Å². The molecule has 0 radical (unpaired) electrons. The third-order valence-corrected chi connectivity index (χ3v) is 2.65. The summed E-state index contributed by atoms with van der Waals surface area (Å²) in [6, 6.07) is 0. The molecule has 0 spiro atoms. The first kappa shape index (κ1) is 6.29. The molecule has 0 aliphatic carbocycles. The predicted octanol–water partition coefficient (Wildman–Crippen LogP) is 0.346. The minimum Gasteiger partial charge on any atom is -0.379 e. The van der Waals surface area contributed by atoms with Gasteiger partial charge in [-0.05, 0) is 0 Å². The first-order chi connectivity index (χ1) is 3.83. The fraction of sp³-hybridized carbons (Fsp3) is 0.750. The van der Waals surface area contributed by atoms with Crippen molar-refractivity contribution in [1.29, 1.82) is 0 Å². The summed E-state index contributed by atoms with van der Waals surface area (Å²) >= 11 is 5.72. The van der Waals surface area contributed by atoms with Gasteiger partial charge in [-0.3, -0.25) is 4.99 Å². The van der Waals surface area contributed by atoms with Crippen LogP contribution in [0.3, 0.4) is 0 Å². The average Bonchev–Trinajstić information content (AvgIpc) is 2.14. The highest BCUT2D eigenvalue weighted by atomic mass is 32.2. The van der Waals surface area contributed by atoms with Gasteiger partial charge in [-0.25, -0.2) is 0 Å². The number of amidine groups is 1. The summed E-state index contributed by atoms with van der Waals surface area (Å²) in [6.07, 6.45) is 0. The van der Waals surface area contributed by atoms with Gasteiger partial charge in [0.05, 0.1) is 6.54 Å². The lowest BCUT2D eigenvalue weighted by molar-refractivity contribution is 0.989. The van der Waals surface area contributed by atoms with E-state index in [0.717, 1.165) is 12.3 Å². The predicted molar refractivity (Wildman–Crippen MR) is 41.7 cm³/mol. The van der Waals surface area contributed by atoms with Crippen LogP contribution < -0.4 is 5.73 Å². The molecule has 0 saturated heterocycles. The van der Waals surface area contributed by atoms with E-state index in [-0.39, 0.29) is 0 Å². The van der Waals surface area contributed by atoms with Gasteiger partial charge in [0, 0.05) is 11.0 Å². The molecule has 1 atom stereocenters. The summed E-state index contributed by atoms with van der Waals surface area (Å²) in [5, 5.41) is 1.24. The molecule has 0 amide bonds. The molecule has 2 nitrogen and oxygen atoms in total. The van der Waals surface area contributed by atoms with Crippen molar-refractivity contribution in [3.63, 3.8) is 0 Å². The molecular formula is C4H8N2S2. The van der Waals surface area contributed by atoms with E-state index in [0.29, 0.717) is 10.4 Å². The van der Waals surface area contributed by atoms with Crippen molar-refractivity contribution in [1.82, 2.24) is 0 Å². The number of hydrogen-bond donors (Lipinski definition) is 2. The Morgan fingerprint density at radius 2 is 2.75 bits per heavy atom. The van der Waals surface area contributed by atoms with Crippen LogP contribution in [-0.4, -0.2) is 22.7 Å². The van der Waals surface area contributed by atoms with Crippen LogP contribution in [0, 0.1) is 0 Å². The maximum atomic E-state index is 5.38. The first-order valence-electron chi connectivity index (χ1n) is 2.40. The number of rotatable bonds is 1. The van der Waals surface area contributed by atoms with Crippen LogP contribution >= 0.6 is 24.4 Å². The highest BCUT2D eigenvalue weighted by Gasteiger charge is 2.14. The molecule has 0 saturated carbocycles. The summed E-state index contributed by atoms with van der Waals surface area (Å²) < 4.78 is 0. The number of aliphatic imine (C=N–C) groups is 1. The van der Waals surface area contributed by atoms with Gasteiger partial charge in [0.15, 0.2) is 5.17 Å². The van der Waals surface area contributed by atoms with Crippen LogP contribution in [-0.2, 0) is 0 Å². The number of nitrogens with two attached hydrogens (primary N) is 1. The minimum absolute atomic E-state index is 0.526. The van der Waals surface area contributed by atoms with Crippen LogP contribution in [0.25, 0.3) is 0 Å². The standard InChI is InChI=1S/C4H8N2S2/c5-4-6-1-3(2-7)8-4/h3,7H,1-2H2,(H2,5,6). The second-order valence-corrected chi connectivity index (χ2v) is 3.29. The third-order valence-electron chi connectivity index (χ3n) is 0.942. The molecule has 1 aliphatic heterocycles. The Hall–Kier alpha value is 0.170. The molecule has 0 aromatic heterocycles. The van der Waals surface area contributed by atoms with Crippen molar-refractivity contribution in [2.75, 3.05) is 12.3 Å². The van der Waals surface area contributed by atoms with Gasteiger partial charge in [-0.1, -0.05) is 11.8 Å². The summed E-state index contributed by atoms with van der Waals surface area (Å²) in [4.78, 5) is 4.00. The van der Waals surface area contributed by atoms with Crippen LogP contribution in [0.15, 0.2) is 4.99 Å². The maximum Gasteiger partial charge on any atom is 0.154 e. The highest BCUT2D eigenvalue weighted by Crippen LogP contribution is 2.18. The molecule has 46 valence electrons. The van der Waals surface area contributed by atoms with E-state index in [9.17, 15) is 0 Å². The van der Waals surface area contributed by atoms with Gasteiger partial charge < -0.3 is 5.73 Å². The zero-order valence-corrected chi connectivity index (χ0v) is 6.08. The Bertz CT molecular complexity index is 113. The summed E-state index contributed by atoms with van der Waals surface area (Å²) in [5.41, 5.74) is 5.38. The molecule has 0 bridgehead atoms. The summed E-state index contributed by atoms with van der Waals surface area (Å²) in [5.74, 6) is 0.870. The molecule has 1 rings (SSSR count). The number of hydrogen-bond acceptors (Lipinski definition) is 4. The molecule has 1 unspecified atom stereocenters. The fourth-order valence-electron chi connectivity index (χ4n) is 0.532. The molecule has 1 aliphatic rings. The normalized spacial score (nSPS) is 28.1. The van der Waals surface area contributed by atoms with Crippen LogP contribution in [0.1, 0.15) is 0 Å². The van der Waals surface area contributed by atoms with E-state index in [2.05, 4.69) is 17.6 Å². The van der Waals surface area contributed by atoms with Crippen molar-refractivity contribution in [3.8, 4) is 0 Å². The van der Waals surface area contributed by atoms with Gasteiger partial charge in [-0.15, -0.1) is 0 Å². The Labute approximate surface area is 58.3 Å². The minimum atomic E-state index is 0.526. The van der Waals surface area contributed by atoms with E-state index >= 15 is 0 Å². The van der Waals surface area contributed by atoms with Crippen molar-refractivity contribution in [2.45, 2.75) is 5.25 Å². The fourth-order valence-corrected chi connectivity index (χ4v) is 1.59. The summed E-state index contributed by atoms with van der Waals surface area (Å²) in [7, 11) is 0. The first-order valence-corrected chi connectivity index (χ1v) is 3.91. The average molecular weight is 148 g/mol. The second-order valence-electron chi connectivity index (χ2n) is 1.60. The Balaban J connectivity index is 2.32. The SMILES string of the molecule is NC1=NCC(CS)S1. The van der Waals surface area contributed by atoms with E-state index < -0.39 is 0 Å². The lowest BCUT2D eigenvalue weighted by Gasteiger charge is -1.98. The smallest absolute Gasteiger partial charge is 0.154 e. The molecular weight excluding hydrogens is 140 g/mol. The lowest BCUT2D eigenvalue weighted by Crippen LogP contribution is -2.07. The quantitative estimate of drug-likeness (QED) is 0.526. The van der Waals surface area contributed by atoms with Crippen molar-refractivity contribution < 1.29 is 0 Å². The molecule has 0 fully saturated rings. The molecule has 8 heavy (non-hydrogen) atoms. The zero-order chi connectivity index (χ0) is 5.98. The molecule has 1 heterocycles. The van der Waals surface area contributed by atoms with Crippen LogP contribution in [0.4, 0.5) is 0 Å². The van der Waals surface area contributed by atoms with Gasteiger partial charge in [0.1, 0.15) is 0 Å². The van der Waals surface area contributed by atoms with Gasteiger partial charge in [0.25, 0.3) is 0 Å². The van der Waals surface area contributed by atoms with Crippen LogP contribution in [0.5, 0.6) is 0 Å². The number of nitrogens with zero attached hydrogens (tertiary/aromatic N) is 1. The number of thioether (sulfide) groups is 1. The van der Waals surface area contributed by atoms with Gasteiger partial charge >= 0.3 is 0 Å². The summed E-state index contributed by atoms with van der Waals surface area (Å²) in [6.45, 7) is 0.847. The topological polar surface area (TPSA) is 38.4 Å². The van der Waals surface area contributed by atoms with E-state index in [1.165, 1.54) is 0 Å². The Kier molecular flexibility index (Phi) is 2.08. The largest absolute Gasteiger partial charge is 0.379 e.